The van der Waals surface area contributed by atoms with Crippen molar-refractivity contribution in [1.82, 2.24) is 5.32 Å². The molecule has 0 bridgehead atoms. The van der Waals surface area contributed by atoms with Crippen molar-refractivity contribution in [3.05, 3.63) is 29.6 Å². The lowest BCUT2D eigenvalue weighted by Crippen LogP contribution is -2.20. The highest BCUT2D eigenvalue weighted by Crippen LogP contribution is 2.25. The lowest BCUT2D eigenvalue weighted by Gasteiger charge is -2.15. The molecule has 0 heterocycles. The molecular weight excluding hydrogens is 235 g/mol. The number of hydrogen-bond acceptors (Lipinski definition) is 3. The molecule has 0 aromatic heterocycles. The summed E-state index contributed by atoms with van der Waals surface area (Å²) in [5.74, 6) is -0.264. The zero-order valence-electron chi connectivity index (χ0n) is 10.7. The van der Waals surface area contributed by atoms with Gasteiger partial charge >= 0.3 is 0 Å². The second-order valence-corrected chi connectivity index (χ2v) is 4.04. The lowest BCUT2D eigenvalue weighted by molar-refractivity contribution is -0.120. The van der Waals surface area contributed by atoms with Crippen molar-refractivity contribution in [2.24, 2.45) is 5.73 Å². The van der Waals surface area contributed by atoms with E-state index in [9.17, 15) is 9.18 Å². The average molecular weight is 254 g/mol. The van der Waals surface area contributed by atoms with Gasteiger partial charge in [-0.05, 0) is 36.6 Å². The van der Waals surface area contributed by atoms with E-state index in [1.165, 1.54) is 13.2 Å². The Balaban J connectivity index is 2.75. The van der Waals surface area contributed by atoms with E-state index in [4.69, 9.17) is 10.5 Å². The van der Waals surface area contributed by atoms with Crippen LogP contribution < -0.4 is 15.8 Å². The molecule has 0 saturated heterocycles. The summed E-state index contributed by atoms with van der Waals surface area (Å²) in [6.45, 7) is 0.378. The maximum Gasteiger partial charge on any atom is 0.219 e. The highest BCUT2D eigenvalue weighted by Gasteiger charge is 2.14. The largest absolute Gasteiger partial charge is 0.494 e. The predicted octanol–water partition coefficient (Wildman–Crippen LogP) is 1.40. The van der Waals surface area contributed by atoms with Crippen LogP contribution in [0.2, 0.25) is 0 Å². The molecule has 0 aliphatic carbocycles. The van der Waals surface area contributed by atoms with Crippen LogP contribution in [0.1, 0.15) is 24.3 Å². The van der Waals surface area contributed by atoms with Crippen molar-refractivity contribution in [3.63, 3.8) is 0 Å². The topological polar surface area (TPSA) is 64.4 Å². The van der Waals surface area contributed by atoms with Crippen LogP contribution in [0.15, 0.2) is 18.2 Å². The zero-order chi connectivity index (χ0) is 13.5. The second kappa shape index (κ2) is 6.96. The Labute approximate surface area is 106 Å². The van der Waals surface area contributed by atoms with Gasteiger partial charge in [-0.1, -0.05) is 6.07 Å². The van der Waals surface area contributed by atoms with Gasteiger partial charge in [-0.2, -0.15) is 0 Å². The van der Waals surface area contributed by atoms with Gasteiger partial charge in [0.25, 0.3) is 0 Å². The Kier molecular flexibility index (Phi) is 5.58. The minimum Gasteiger partial charge on any atom is -0.494 e. The first-order chi connectivity index (χ1) is 8.62. The van der Waals surface area contributed by atoms with E-state index < -0.39 is 5.82 Å². The number of nitrogens with two attached hydrogens (primary N) is 1. The second-order valence-electron chi connectivity index (χ2n) is 4.04. The molecule has 0 fully saturated rings. The fraction of sp³-hybridized carbons (Fsp3) is 0.462. The fourth-order valence-electron chi connectivity index (χ4n) is 1.79. The van der Waals surface area contributed by atoms with Crippen LogP contribution in [-0.4, -0.2) is 26.6 Å². The quantitative estimate of drug-likeness (QED) is 0.806. The molecular formula is C13H19FN2O2. The molecule has 1 rings (SSSR count). The number of halogens is 1. The number of benzene rings is 1. The number of carbonyl (C=O) groups is 1. The third-order valence-electron chi connectivity index (χ3n) is 2.93. The van der Waals surface area contributed by atoms with Crippen LogP contribution in [0, 0.1) is 5.82 Å². The monoisotopic (exact) mass is 254 g/mol. The third-order valence-corrected chi connectivity index (χ3v) is 2.93. The molecule has 0 aliphatic heterocycles. The van der Waals surface area contributed by atoms with Crippen molar-refractivity contribution >= 4 is 5.91 Å². The van der Waals surface area contributed by atoms with Crippen molar-refractivity contribution in [1.29, 1.82) is 0 Å². The van der Waals surface area contributed by atoms with Crippen LogP contribution >= 0.6 is 0 Å². The van der Waals surface area contributed by atoms with E-state index in [0.717, 1.165) is 5.56 Å². The van der Waals surface area contributed by atoms with E-state index in [1.54, 1.807) is 19.2 Å². The normalized spacial score (nSPS) is 12.0. The fourth-order valence-corrected chi connectivity index (χ4v) is 1.79. The van der Waals surface area contributed by atoms with Gasteiger partial charge in [0.2, 0.25) is 5.91 Å². The maximum atomic E-state index is 13.6. The molecule has 1 unspecified atom stereocenters. The van der Waals surface area contributed by atoms with Gasteiger partial charge in [-0.25, -0.2) is 4.39 Å². The average Bonchev–Trinajstić information content (AvgIpc) is 2.39. The molecule has 100 valence electrons. The van der Waals surface area contributed by atoms with Gasteiger partial charge < -0.3 is 15.8 Å². The smallest absolute Gasteiger partial charge is 0.219 e. The number of ether oxygens (including phenoxy) is 1. The Hall–Kier alpha value is -1.62. The number of methoxy groups -OCH3 is 1. The van der Waals surface area contributed by atoms with E-state index >= 15 is 0 Å². The van der Waals surface area contributed by atoms with Gasteiger partial charge in [-0.15, -0.1) is 0 Å². The molecule has 3 N–H and O–H groups in total. The third kappa shape index (κ3) is 3.70. The van der Waals surface area contributed by atoms with Crippen molar-refractivity contribution < 1.29 is 13.9 Å². The van der Waals surface area contributed by atoms with Crippen molar-refractivity contribution in [2.45, 2.75) is 18.8 Å². The summed E-state index contributed by atoms with van der Waals surface area (Å²) >= 11 is 0. The first-order valence-electron chi connectivity index (χ1n) is 5.86. The van der Waals surface area contributed by atoms with Crippen molar-refractivity contribution in [2.75, 3.05) is 20.7 Å². The minimum absolute atomic E-state index is 0.0253. The summed E-state index contributed by atoms with van der Waals surface area (Å²) in [4.78, 5) is 11.2. The summed E-state index contributed by atoms with van der Waals surface area (Å²) < 4.78 is 18.4. The van der Waals surface area contributed by atoms with Crippen LogP contribution in [0.25, 0.3) is 0 Å². The Bertz CT molecular complexity index is 410. The zero-order valence-corrected chi connectivity index (χ0v) is 10.7. The minimum atomic E-state index is -0.409. The van der Waals surface area contributed by atoms with E-state index in [0.29, 0.717) is 19.4 Å². The first kappa shape index (κ1) is 14.4. The molecule has 0 saturated carbocycles. The number of hydrogen-bond donors (Lipinski definition) is 2. The molecule has 0 spiro atoms. The standard InChI is InChI=1S/C13H19FN2O2/c1-16-13(17)6-4-10(8-15)9-3-5-12(18-2)11(14)7-9/h3,5,7,10H,4,6,8,15H2,1-2H3,(H,16,17). The molecule has 1 aromatic carbocycles. The van der Waals surface area contributed by atoms with Crippen LogP contribution in [0.5, 0.6) is 5.75 Å². The molecule has 1 aromatic rings. The first-order valence-corrected chi connectivity index (χ1v) is 5.86. The van der Waals surface area contributed by atoms with Gasteiger partial charge in [0.15, 0.2) is 11.6 Å². The molecule has 5 heteroatoms. The number of carbonyl (C=O) groups excluding carboxylic acids is 1. The van der Waals surface area contributed by atoms with E-state index in [-0.39, 0.29) is 17.6 Å². The molecule has 4 nitrogen and oxygen atoms in total. The highest BCUT2D eigenvalue weighted by molar-refractivity contribution is 5.75. The summed E-state index contributed by atoms with van der Waals surface area (Å²) in [5.41, 5.74) is 6.46. The maximum absolute atomic E-state index is 13.6. The molecule has 1 atom stereocenters. The van der Waals surface area contributed by atoms with Crippen LogP contribution in [0.3, 0.4) is 0 Å². The predicted molar refractivity (Wildman–Crippen MR) is 68.0 cm³/mol. The molecule has 0 radical (unpaired) electrons. The summed E-state index contributed by atoms with van der Waals surface area (Å²) in [6.07, 6.45) is 0.980. The molecule has 1 amide bonds. The Morgan fingerprint density at radius 3 is 2.78 bits per heavy atom. The van der Waals surface area contributed by atoms with Crippen LogP contribution in [0.4, 0.5) is 4.39 Å². The van der Waals surface area contributed by atoms with E-state index in [2.05, 4.69) is 5.32 Å². The number of nitrogens with one attached hydrogen (secondary N) is 1. The van der Waals surface area contributed by atoms with Gasteiger partial charge in [0, 0.05) is 13.5 Å². The summed E-state index contributed by atoms with van der Waals surface area (Å²) in [6, 6.07) is 4.77. The SMILES string of the molecule is CNC(=O)CCC(CN)c1ccc(OC)c(F)c1. The number of rotatable bonds is 6. The summed E-state index contributed by atoms with van der Waals surface area (Å²) in [5, 5.41) is 2.55. The lowest BCUT2D eigenvalue weighted by atomic mass is 9.94. The van der Waals surface area contributed by atoms with E-state index in [1.807, 2.05) is 0 Å². The van der Waals surface area contributed by atoms with Gasteiger partial charge in [0.1, 0.15) is 0 Å². The molecule has 18 heavy (non-hydrogen) atoms. The Morgan fingerprint density at radius 2 is 2.28 bits per heavy atom. The molecule has 0 aliphatic rings. The highest BCUT2D eigenvalue weighted by atomic mass is 19.1. The van der Waals surface area contributed by atoms with Gasteiger partial charge in [0.05, 0.1) is 7.11 Å². The van der Waals surface area contributed by atoms with Crippen LogP contribution in [-0.2, 0) is 4.79 Å². The van der Waals surface area contributed by atoms with Gasteiger partial charge in [-0.3, -0.25) is 4.79 Å². The summed E-state index contributed by atoms with van der Waals surface area (Å²) in [7, 11) is 3.01. The Morgan fingerprint density at radius 1 is 1.56 bits per heavy atom. The number of amides is 1. The van der Waals surface area contributed by atoms with Crippen molar-refractivity contribution in [3.8, 4) is 5.75 Å².